The molecule has 0 amide bonds. The van der Waals surface area contributed by atoms with Crippen molar-refractivity contribution in [3.8, 4) is 0 Å². The number of hydrogen-bond donors (Lipinski definition) is 3. The van der Waals surface area contributed by atoms with Crippen LogP contribution in [0.5, 0.6) is 0 Å². The minimum Gasteiger partial charge on any atom is -0.394 e. The van der Waals surface area contributed by atoms with Crippen LogP contribution in [0.2, 0.25) is 0 Å². The van der Waals surface area contributed by atoms with Gasteiger partial charge in [0.15, 0.2) is 11.2 Å². The van der Waals surface area contributed by atoms with Crippen LogP contribution in [0.25, 0.3) is 11.2 Å². The lowest BCUT2D eigenvalue weighted by Gasteiger charge is -2.37. The molecule has 0 aliphatic rings. The van der Waals surface area contributed by atoms with Crippen LogP contribution < -0.4 is 10.9 Å². The van der Waals surface area contributed by atoms with Crippen LogP contribution in [-0.2, 0) is 27.3 Å². The number of aliphatic hydroxyl groups excluding tert-OH is 1. The van der Waals surface area contributed by atoms with Crippen molar-refractivity contribution in [1.82, 2.24) is 19.5 Å². The molecule has 2 aromatic heterocycles. The summed E-state index contributed by atoms with van der Waals surface area (Å²) in [5.41, 5.74) is 3.88. The molecule has 0 fully saturated rings. The molecule has 8 rings (SSSR count). The minimum atomic E-state index is -0.986. The molecule has 0 saturated heterocycles. The standard InChI is InChI=1S/C47H41N5O4/c53-31-41(32-56-47(38-25-13-4-14-26-38,39-27-15-5-16-28-39)40-29-17-6-18-30-40)55-34-52-33-48-42-43(52)49-45(50-44(42)54)51-46(35-19-7-1-8-20-35,36-21-9-2-10-22-36)37-23-11-3-12-24-37/h1-30,33,41,53H,31-32,34H2,(H2,49,50,51,54). The molecule has 0 saturated carbocycles. The van der Waals surface area contributed by atoms with Gasteiger partial charge in [0.2, 0.25) is 5.95 Å². The molecule has 2 heterocycles. The fraction of sp³-hybridized carbons (Fsp3) is 0.128. The second-order valence-electron chi connectivity index (χ2n) is 13.5. The van der Waals surface area contributed by atoms with E-state index < -0.39 is 22.8 Å². The molecule has 0 aliphatic heterocycles. The van der Waals surface area contributed by atoms with Crippen LogP contribution >= 0.6 is 0 Å². The van der Waals surface area contributed by atoms with Crippen LogP contribution in [0.15, 0.2) is 193 Å². The summed E-state index contributed by atoms with van der Waals surface area (Å²) in [6.45, 7) is -0.302. The van der Waals surface area contributed by atoms with Gasteiger partial charge in [-0.15, -0.1) is 0 Å². The van der Waals surface area contributed by atoms with E-state index in [-0.39, 0.29) is 31.4 Å². The molecule has 0 aliphatic carbocycles. The van der Waals surface area contributed by atoms with Gasteiger partial charge in [-0.25, -0.2) is 4.98 Å². The van der Waals surface area contributed by atoms with Gasteiger partial charge >= 0.3 is 0 Å². The Hall–Kier alpha value is -6.65. The zero-order chi connectivity index (χ0) is 38.2. The number of nitrogens with zero attached hydrogens (tertiary/aromatic N) is 3. The molecule has 0 bridgehead atoms. The number of fused-ring (bicyclic) bond motifs is 1. The number of imidazole rings is 1. The Balaban J connectivity index is 1.11. The molecule has 278 valence electrons. The highest BCUT2D eigenvalue weighted by Gasteiger charge is 2.39. The number of anilines is 1. The number of hydrogen-bond acceptors (Lipinski definition) is 7. The molecule has 56 heavy (non-hydrogen) atoms. The fourth-order valence-corrected chi connectivity index (χ4v) is 7.39. The second-order valence-corrected chi connectivity index (χ2v) is 13.5. The number of nitrogens with one attached hydrogen (secondary N) is 2. The van der Waals surface area contributed by atoms with E-state index in [9.17, 15) is 9.90 Å². The summed E-state index contributed by atoms with van der Waals surface area (Å²) < 4.78 is 14.9. The van der Waals surface area contributed by atoms with Gasteiger partial charge in [0, 0.05) is 0 Å². The lowest BCUT2D eigenvalue weighted by Crippen LogP contribution is -2.39. The van der Waals surface area contributed by atoms with Gasteiger partial charge in [-0.2, -0.15) is 4.98 Å². The van der Waals surface area contributed by atoms with E-state index in [1.165, 1.54) is 6.33 Å². The monoisotopic (exact) mass is 739 g/mol. The average Bonchev–Trinajstić information content (AvgIpc) is 3.69. The fourth-order valence-electron chi connectivity index (χ4n) is 7.39. The smallest absolute Gasteiger partial charge is 0.280 e. The predicted molar refractivity (Wildman–Crippen MR) is 218 cm³/mol. The Morgan fingerprint density at radius 1 is 0.625 bits per heavy atom. The van der Waals surface area contributed by atoms with Gasteiger partial charge in [0.05, 0.1) is 19.5 Å². The van der Waals surface area contributed by atoms with E-state index in [2.05, 4.69) is 51.7 Å². The first-order valence-electron chi connectivity index (χ1n) is 18.5. The maximum atomic E-state index is 13.6. The summed E-state index contributed by atoms with van der Waals surface area (Å²) in [7, 11) is 0. The van der Waals surface area contributed by atoms with Crippen LogP contribution in [0, 0.1) is 0 Å². The summed E-state index contributed by atoms with van der Waals surface area (Å²) >= 11 is 0. The largest absolute Gasteiger partial charge is 0.394 e. The number of aliphatic hydroxyl groups is 1. The van der Waals surface area contributed by atoms with E-state index in [0.717, 1.165) is 33.4 Å². The Bertz CT molecular complexity index is 2320. The van der Waals surface area contributed by atoms with E-state index in [0.29, 0.717) is 5.65 Å². The predicted octanol–water partition coefficient (Wildman–Crippen LogP) is 7.87. The quantitative estimate of drug-likeness (QED) is 0.0918. The third kappa shape index (κ3) is 7.02. The number of H-pyrrole nitrogens is 1. The molecule has 9 nitrogen and oxygen atoms in total. The summed E-state index contributed by atoms with van der Waals surface area (Å²) in [5.74, 6) is 0.251. The molecule has 1 atom stereocenters. The summed E-state index contributed by atoms with van der Waals surface area (Å²) in [4.78, 5) is 25.9. The lowest BCUT2D eigenvalue weighted by molar-refractivity contribution is -0.0970. The third-order valence-corrected chi connectivity index (χ3v) is 10.1. The first-order chi connectivity index (χ1) is 27.6. The number of aromatic amines is 1. The second kappa shape index (κ2) is 16.4. The van der Waals surface area contributed by atoms with E-state index in [1.54, 1.807) is 4.57 Å². The highest BCUT2D eigenvalue weighted by molar-refractivity contribution is 5.71. The van der Waals surface area contributed by atoms with Gasteiger partial charge in [0.25, 0.3) is 5.56 Å². The lowest BCUT2D eigenvalue weighted by atomic mass is 9.77. The zero-order valence-electron chi connectivity index (χ0n) is 30.6. The number of benzene rings is 6. The zero-order valence-corrected chi connectivity index (χ0v) is 30.6. The highest BCUT2D eigenvalue weighted by atomic mass is 16.6. The minimum absolute atomic E-state index is 0.0445. The number of rotatable bonds is 15. The van der Waals surface area contributed by atoms with Gasteiger partial charge < -0.3 is 19.9 Å². The van der Waals surface area contributed by atoms with E-state index in [1.807, 2.05) is 146 Å². The Morgan fingerprint density at radius 3 is 1.45 bits per heavy atom. The van der Waals surface area contributed by atoms with Crippen LogP contribution in [0.1, 0.15) is 33.4 Å². The van der Waals surface area contributed by atoms with Crippen LogP contribution in [0.4, 0.5) is 5.95 Å². The van der Waals surface area contributed by atoms with Gasteiger partial charge in [-0.1, -0.05) is 182 Å². The van der Waals surface area contributed by atoms with Crippen molar-refractivity contribution in [3.05, 3.63) is 232 Å². The Morgan fingerprint density at radius 2 is 1.04 bits per heavy atom. The maximum absolute atomic E-state index is 13.6. The van der Waals surface area contributed by atoms with Gasteiger partial charge in [-0.3, -0.25) is 14.3 Å². The molecular weight excluding hydrogens is 699 g/mol. The van der Waals surface area contributed by atoms with Gasteiger partial charge in [-0.05, 0) is 33.4 Å². The summed E-state index contributed by atoms with van der Waals surface area (Å²) in [6, 6.07) is 60.4. The SMILES string of the molecule is O=c1[nH]c(NC(c2ccccc2)(c2ccccc2)c2ccccc2)nc2c1ncn2COC(CO)COC(c1ccccc1)(c1ccccc1)c1ccccc1. The molecule has 0 radical (unpaired) electrons. The van der Waals surface area contributed by atoms with Crippen LogP contribution in [0.3, 0.4) is 0 Å². The highest BCUT2D eigenvalue weighted by Crippen LogP contribution is 2.41. The topological polar surface area (TPSA) is 114 Å². The Kier molecular flexibility index (Phi) is 10.6. The van der Waals surface area contributed by atoms with Crippen molar-refractivity contribution in [3.63, 3.8) is 0 Å². The maximum Gasteiger partial charge on any atom is 0.280 e. The molecule has 8 aromatic rings. The van der Waals surface area contributed by atoms with Crippen molar-refractivity contribution in [1.29, 1.82) is 0 Å². The van der Waals surface area contributed by atoms with Crippen molar-refractivity contribution in [2.45, 2.75) is 24.0 Å². The first-order valence-corrected chi connectivity index (χ1v) is 18.5. The molecule has 1 unspecified atom stereocenters. The van der Waals surface area contributed by atoms with E-state index in [4.69, 9.17) is 14.5 Å². The van der Waals surface area contributed by atoms with E-state index >= 15 is 0 Å². The summed E-state index contributed by atoms with van der Waals surface area (Å²) in [6.07, 6.45) is 0.789. The van der Waals surface area contributed by atoms with Gasteiger partial charge in [0.1, 0.15) is 24.0 Å². The number of aromatic nitrogens is 4. The molecule has 3 N–H and O–H groups in total. The third-order valence-electron chi connectivity index (χ3n) is 10.1. The first kappa shape index (κ1) is 36.3. The van der Waals surface area contributed by atoms with Crippen molar-refractivity contribution in [2.75, 3.05) is 18.5 Å². The molecular formula is C47H41N5O4. The Labute approximate surface area is 324 Å². The van der Waals surface area contributed by atoms with Crippen LogP contribution in [-0.4, -0.2) is 43.9 Å². The van der Waals surface area contributed by atoms with Crippen molar-refractivity contribution < 1.29 is 14.6 Å². The average molecular weight is 740 g/mol. The molecule has 6 aromatic carbocycles. The summed E-state index contributed by atoms with van der Waals surface area (Å²) in [5, 5.41) is 14.2. The molecule has 9 heteroatoms. The number of ether oxygens (including phenoxy) is 2. The van der Waals surface area contributed by atoms with Crippen molar-refractivity contribution >= 4 is 17.1 Å². The van der Waals surface area contributed by atoms with Crippen molar-refractivity contribution in [2.24, 2.45) is 0 Å². The normalized spacial score (nSPS) is 12.4. The molecule has 0 spiro atoms.